The predicted octanol–water partition coefficient (Wildman–Crippen LogP) is 2.30. The molecule has 2 aliphatic rings. The molecule has 0 aliphatic carbocycles. The highest BCUT2D eigenvalue weighted by atomic mass is 16.2. The van der Waals surface area contributed by atoms with Gasteiger partial charge < -0.3 is 9.80 Å². The number of hydrogen-bond donors (Lipinski definition) is 0. The molecule has 0 aromatic heterocycles. The number of para-hydroxylation sites is 1. The zero-order valence-corrected chi connectivity index (χ0v) is 12.7. The molecule has 0 radical (unpaired) electrons. The van der Waals surface area contributed by atoms with Gasteiger partial charge in [-0.05, 0) is 25.0 Å². The number of benzene rings is 1. The molecule has 4 nitrogen and oxygen atoms in total. The number of β-lactam (4-membered cyclic amide) rings is 1. The summed E-state index contributed by atoms with van der Waals surface area (Å²) in [6.45, 7) is 6.08. The number of amides is 2. The summed E-state index contributed by atoms with van der Waals surface area (Å²) >= 11 is 0. The number of anilines is 1. The van der Waals surface area contributed by atoms with Crippen LogP contribution in [0.4, 0.5) is 5.69 Å². The first-order valence-corrected chi connectivity index (χ1v) is 7.69. The van der Waals surface area contributed by atoms with Gasteiger partial charge in [-0.25, -0.2) is 0 Å². The predicted molar refractivity (Wildman–Crippen MR) is 81.9 cm³/mol. The largest absolute Gasteiger partial charge is 0.342 e. The highest BCUT2D eigenvalue weighted by Crippen LogP contribution is 2.43. The maximum absolute atomic E-state index is 12.6. The molecule has 2 heterocycles. The Hall–Kier alpha value is -1.84. The Morgan fingerprint density at radius 2 is 1.76 bits per heavy atom. The molecule has 2 aliphatic heterocycles. The average Bonchev–Trinajstić information content (AvgIpc) is 2.52. The minimum atomic E-state index is -0.219. The third-order valence-electron chi connectivity index (χ3n) is 4.75. The van der Waals surface area contributed by atoms with E-state index in [-0.39, 0.29) is 23.1 Å². The molecule has 1 aromatic rings. The summed E-state index contributed by atoms with van der Waals surface area (Å²) in [4.78, 5) is 28.4. The average molecular weight is 286 g/mol. The van der Waals surface area contributed by atoms with Crippen LogP contribution in [0.15, 0.2) is 30.3 Å². The first kappa shape index (κ1) is 14.1. The summed E-state index contributed by atoms with van der Waals surface area (Å²) in [6.07, 6.45) is 1.60. The van der Waals surface area contributed by atoms with Gasteiger partial charge in [0.1, 0.15) is 0 Å². The first-order chi connectivity index (χ1) is 10.0. The number of rotatable bonds is 2. The van der Waals surface area contributed by atoms with E-state index in [2.05, 4.69) is 0 Å². The van der Waals surface area contributed by atoms with E-state index in [1.54, 1.807) is 0 Å². The number of carbonyl (C=O) groups is 2. The van der Waals surface area contributed by atoms with E-state index in [0.717, 1.165) is 25.1 Å². The molecule has 2 amide bonds. The minimum absolute atomic E-state index is 0.0389. The Kier molecular flexibility index (Phi) is 3.47. The highest BCUT2D eigenvalue weighted by molar-refractivity contribution is 6.04. The van der Waals surface area contributed by atoms with E-state index >= 15 is 0 Å². The molecule has 0 bridgehead atoms. The van der Waals surface area contributed by atoms with Gasteiger partial charge in [-0.15, -0.1) is 0 Å². The molecular weight excluding hydrogens is 264 g/mol. The van der Waals surface area contributed by atoms with Crippen molar-refractivity contribution in [3.05, 3.63) is 30.3 Å². The van der Waals surface area contributed by atoms with Gasteiger partial charge in [0.05, 0.1) is 5.41 Å². The van der Waals surface area contributed by atoms with Gasteiger partial charge in [-0.2, -0.15) is 0 Å². The van der Waals surface area contributed by atoms with Crippen molar-refractivity contribution >= 4 is 17.5 Å². The lowest BCUT2D eigenvalue weighted by Gasteiger charge is -2.52. The fraction of sp³-hybridized carbons (Fsp3) is 0.529. The Bertz CT molecular complexity index is 545. The van der Waals surface area contributed by atoms with Crippen LogP contribution >= 0.6 is 0 Å². The van der Waals surface area contributed by atoms with Crippen molar-refractivity contribution in [1.29, 1.82) is 0 Å². The molecule has 1 spiro atoms. The number of nitrogens with zero attached hydrogens (tertiary/aromatic N) is 2. The highest BCUT2D eigenvalue weighted by Gasteiger charge is 2.53. The molecule has 0 unspecified atom stereocenters. The zero-order chi connectivity index (χ0) is 15.0. The molecule has 21 heavy (non-hydrogen) atoms. The Morgan fingerprint density at radius 1 is 1.14 bits per heavy atom. The summed E-state index contributed by atoms with van der Waals surface area (Å²) in [7, 11) is 0. The van der Waals surface area contributed by atoms with Crippen LogP contribution in [-0.2, 0) is 9.59 Å². The lowest BCUT2D eigenvalue weighted by Crippen LogP contribution is -2.65. The van der Waals surface area contributed by atoms with Gasteiger partial charge >= 0.3 is 0 Å². The maximum Gasteiger partial charge on any atom is 0.235 e. The summed E-state index contributed by atoms with van der Waals surface area (Å²) in [5, 5.41) is 0. The molecule has 0 saturated carbocycles. The quantitative estimate of drug-likeness (QED) is 0.783. The van der Waals surface area contributed by atoms with E-state index in [1.807, 2.05) is 54.0 Å². The molecule has 1 aromatic carbocycles. The second kappa shape index (κ2) is 5.17. The third kappa shape index (κ3) is 2.33. The summed E-state index contributed by atoms with van der Waals surface area (Å²) in [5.41, 5.74) is 0.762. The topological polar surface area (TPSA) is 40.6 Å². The van der Waals surface area contributed by atoms with Crippen LogP contribution < -0.4 is 4.90 Å². The van der Waals surface area contributed by atoms with Gasteiger partial charge in [0.25, 0.3) is 0 Å². The van der Waals surface area contributed by atoms with Crippen molar-refractivity contribution in [2.24, 2.45) is 11.3 Å². The van der Waals surface area contributed by atoms with Crippen molar-refractivity contribution in [3.63, 3.8) is 0 Å². The van der Waals surface area contributed by atoms with Crippen molar-refractivity contribution in [2.75, 3.05) is 24.5 Å². The van der Waals surface area contributed by atoms with E-state index in [0.29, 0.717) is 13.1 Å². The van der Waals surface area contributed by atoms with Gasteiger partial charge in [0.15, 0.2) is 0 Å². The van der Waals surface area contributed by atoms with E-state index in [1.165, 1.54) is 0 Å². The van der Waals surface area contributed by atoms with Crippen LogP contribution in [0.3, 0.4) is 0 Å². The van der Waals surface area contributed by atoms with E-state index in [9.17, 15) is 9.59 Å². The van der Waals surface area contributed by atoms with Gasteiger partial charge in [-0.3, -0.25) is 9.59 Å². The first-order valence-electron chi connectivity index (χ1n) is 7.69. The Labute approximate surface area is 125 Å². The molecule has 4 heteroatoms. The van der Waals surface area contributed by atoms with Crippen LogP contribution in [0.1, 0.15) is 26.7 Å². The molecule has 2 saturated heterocycles. The molecule has 2 fully saturated rings. The van der Waals surface area contributed by atoms with Gasteiger partial charge in [0.2, 0.25) is 11.8 Å². The summed E-state index contributed by atoms with van der Waals surface area (Å²) in [5.74, 6) is 0.471. The number of likely N-dealkylation sites (tertiary alicyclic amines) is 1. The van der Waals surface area contributed by atoms with Crippen molar-refractivity contribution in [2.45, 2.75) is 26.7 Å². The van der Waals surface area contributed by atoms with Gasteiger partial charge in [-0.1, -0.05) is 32.0 Å². The second-order valence-electron chi connectivity index (χ2n) is 6.49. The zero-order valence-electron chi connectivity index (χ0n) is 12.7. The fourth-order valence-corrected chi connectivity index (χ4v) is 3.35. The van der Waals surface area contributed by atoms with Crippen molar-refractivity contribution in [1.82, 2.24) is 4.90 Å². The Morgan fingerprint density at radius 3 is 2.29 bits per heavy atom. The number of piperidine rings is 1. The normalized spacial score (nSPS) is 20.8. The van der Waals surface area contributed by atoms with E-state index in [4.69, 9.17) is 0 Å². The van der Waals surface area contributed by atoms with Crippen LogP contribution in [0.2, 0.25) is 0 Å². The minimum Gasteiger partial charge on any atom is -0.342 e. The van der Waals surface area contributed by atoms with Crippen LogP contribution in [-0.4, -0.2) is 36.3 Å². The SMILES string of the molecule is CC(C)C(=O)N1CCC2(CC1)CN(c1ccccc1)C2=O. The molecule has 0 N–H and O–H groups in total. The molecular formula is C17H22N2O2. The summed E-state index contributed by atoms with van der Waals surface area (Å²) < 4.78 is 0. The molecule has 112 valence electrons. The lowest BCUT2D eigenvalue weighted by molar-refractivity contribution is -0.145. The van der Waals surface area contributed by atoms with E-state index < -0.39 is 0 Å². The fourth-order valence-electron chi connectivity index (χ4n) is 3.35. The Balaban J connectivity index is 1.63. The van der Waals surface area contributed by atoms with Crippen LogP contribution in [0, 0.1) is 11.3 Å². The van der Waals surface area contributed by atoms with Gasteiger partial charge in [0, 0.05) is 31.2 Å². The second-order valence-corrected chi connectivity index (χ2v) is 6.49. The number of hydrogen-bond acceptors (Lipinski definition) is 2. The smallest absolute Gasteiger partial charge is 0.235 e. The van der Waals surface area contributed by atoms with Crippen LogP contribution in [0.5, 0.6) is 0 Å². The van der Waals surface area contributed by atoms with Crippen LogP contribution in [0.25, 0.3) is 0 Å². The molecule has 3 rings (SSSR count). The lowest BCUT2D eigenvalue weighted by atomic mass is 9.70. The third-order valence-corrected chi connectivity index (χ3v) is 4.75. The molecule has 0 atom stereocenters. The van der Waals surface area contributed by atoms with Crippen molar-refractivity contribution < 1.29 is 9.59 Å². The number of carbonyl (C=O) groups excluding carboxylic acids is 2. The monoisotopic (exact) mass is 286 g/mol. The van der Waals surface area contributed by atoms with Crippen molar-refractivity contribution in [3.8, 4) is 0 Å². The maximum atomic E-state index is 12.6. The summed E-state index contributed by atoms with van der Waals surface area (Å²) in [6, 6.07) is 9.82. The standard InChI is InChI=1S/C17H22N2O2/c1-13(2)15(20)18-10-8-17(9-11-18)12-19(16(17)21)14-6-4-3-5-7-14/h3-7,13H,8-12H2,1-2H3.